The van der Waals surface area contributed by atoms with Crippen LogP contribution in [0.25, 0.3) is 0 Å². The van der Waals surface area contributed by atoms with Crippen molar-refractivity contribution in [2.75, 3.05) is 12.4 Å². The molecule has 0 spiro atoms. The second-order valence-electron chi connectivity index (χ2n) is 4.11. The fourth-order valence-corrected chi connectivity index (χ4v) is 1.94. The monoisotopic (exact) mass is 280 g/mol. The van der Waals surface area contributed by atoms with Gasteiger partial charge in [-0.3, -0.25) is 4.98 Å². The van der Waals surface area contributed by atoms with Crippen LogP contribution >= 0.6 is 11.6 Å². The Labute approximate surface area is 116 Å². The number of halogens is 2. The molecule has 0 amide bonds. The van der Waals surface area contributed by atoms with Gasteiger partial charge in [0.05, 0.1) is 30.1 Å². The minimum absolute atomic E-state index is 0.229. The van der Waals surface area contributed by atoms with Crippen molar-refractivity contribution in [1.29, 1.82) is 0 Å². The van der Waals surface area contributed by atoms with Crippen molar-refractivity contribution >= 4 is 17.3 Å². The van der Waals surface area contributed by atoms with E-state index in [1.807, 2.05) is 6.92 Å². The molecule has 3 nitrogen and oxygen atoms in total. The molecule has 0 aliphatic carbocycles. The predicted molar refractivity (Wildman–Crippen MR) is 74.2 cm³/mol. The third-order valence-corrected chi connectivity index (χ3v) is 3.14. The summed E-state index contributed by atoms with van der Waals surface area (Å²) < 4.78 is 18.9. The highest BCUT2D eigenvalue weighted by Crippen LogP contribution is 2.27. The molecule has 5 heteroatoms. The molecule has 0 saturated heterocycles. The van der Waals surface area contributed by atoms with Gasteiger partial charge in [-0.2, -0.15) is 0 Å². The molecule has 0 bridgehead atoms. The van der Waals surface area contributed by atoms with Gasteiger partial charge >= 0.3 is 0 Å². The molecule has 0 saturated carbocycles. The van der Waals surface area contributed by atoms with E-state index in [-0.39, 0.29) is 11.9 Å². The minimum atomic E-state index is -0.320. The Bertz CT molecular complexity index is 577. The van der Waals surface area contributed by atoms with E-state index in [1.54, 1.807) is 30.6 Å². The number of methoxy groups -OCH3 is 1. The van der Waals surface area contributed by atoms with Gasteiger partial charge in [0.2, 0.25) is 0 Å². The number of hydrogen-bond acceptors (Lipinski definition) is 3. The maximum atomic E-state index is 13.9. The van der Waals surface area contributed by atoms with Gasteiger partial charge in [0.1, 0.15) is 11.6 Å². The summed E-state index contributed by atoms with van der Waals surface area (Å²) in [5.41, 5.74) is 1.22. The minimum Gasteiger partial charge on any atom is -0.497 e. The number of benzene rings is 1. The predicted octanol–water partition coefficient (Wildman–Crippen LogP) is 4.06. The van der Waals surface area contributed by atoms with Crippen molar-refractivity contribution < 1.29 is 9.13 Å². The van der Waals surface area contributed by atoms with Crippen LogP contribution in [0.2, 0.25) is 5.02 Å². The highest BCUT2D eigenvalue weighted by molar-refractivity contribution is 6.33. The molecule has 1 atom stereocenters. The van der Waals surface area contributed by atoms with Gasteiger partial charge in [-0.05, 0) is 19.1 Å². The maximum Gasteiger partial charge on any atom is 0.132 e. The van der Waals surface area contributed by atoms with Crippen molar-refractivity contribution in [2.45, 2.75) is 13.0 Å². The Hall–Kier alpha value is -1.81. The fraction of sp³-hybridized carbons (Fsp3) is 0.214. The van der Waals surface area contributed by atoms with Crippen LogP contribution in [0.3, 0.4) is 0 Å². The molecule has 0 aliphatic rings. The summed E-state index contributed by atoms with van der Waals surface area (Å²) in [5.74, 6) is 0.173. The van der Waals surface area contributed by atoms with Crippen LogP contribution in [-0.2, 0) is 0 Å². The van der Waals surface area contributed by atoms with Crippen LogP contribution in [0.4, 0.5) is 10.1 Å². The topological polar surface area (TPSA) is 34.1 Å². The number of nitrogens with one attached hydrogen (secondary N) is 1. The number of pyridine rings is 1. The van der Waals surface area contributed by atoms with Crippen LogP contribution < -0.4 is 10.1 Å². The summed E-state index contributed by atoms with van der Waals surface area (Å²) in [6, 6.07) is 6.23. The number of rotatable bonds is 4. The van der Waals surface area contributed by atoms with Crippen molar-refractivity contribution in [3.05, 3.63) is 53.1 Å². The van der Waals surface area contributed by atoms with Gasteiger partial charge in [-0.25, -0.2) is 4.39 Å². The molecule has 1 unspecified atom stereocenters. The van der Waals surface area contributed by atoms with Crippen LogP contribution in [0.5, 0.6) is 5.75 Å². The van der Waals surface area contributed by atoms with Gasteiger partial charge in [0.15, 0.2) is 0 Å². The maximum absolute atomic E-state index is 13.9. The molecular weight excluding hydrogens is 267 g/mol. The molecule has 2 rings (SSSR count). The Morgan fingerprint density at radius 2 is 2.16 bits per heavy atom. The summed E-state index contributed by atoms with van der Waals surface area (Å²) >= 11 is 6.03. The third kappa shape index (κ3) is 3.15. The first-order chi connectivity index (χ1) is 9.11. The van der Waals surface area contributed by atoms with E-state index in [4.69, 9.17) is 16.3 Å². The molecule has 100 valence electrons. The summed E-state index contributed by atoms with van der Waals surface area (Å²) in [6.07, 6.45) is 3.21. The SMILES string of the molecule is COc1ccc(C(C)Nc2cnccc2Cl)c(F)c1. The van der Waals surface area contributed by atoms with Gasteiger partial charge < -0.3 is 10.1 Å². The quantitative estimate of drug-likeness (QED) is 0.917. The molecule has 1 heterocycles. The molecule has 19 heavy (non-hydrogen) atoms. The fourth-order valence-electron chi connectivity index (χ4n) is 1.78. The van der Waals surface area contributed by atoms with E-state index >= 15 is 0 Å². The zero-order valence-corrected chi connectivity index (χ0v) is 11.4. The molecule has 1 aromatic heterocycles. The van der Waals surface area contributed by atoms with E-state index in [1.165, 1.54) is 13.2 Å². The van der Waals surface area contributed by atoms with E-state index in [0.29, 0.717) is 22.0 Å². The lowest BCUT2D eigenvalue weighted by Crippen LogP contribution is -2.09. The van der Waals surface area contributed by atoms with Crippen molar-refractivity contribution in [3.63, 3.8) is 0 Å². The van der Waals surface area contributed by atoms with E-state index in [2.05, 4.69) is 10.3 Å². The first-order valence-electron chi connectivity index (χ1n) is 5.81. The van der Waals surface area contributed by atoms with Crippen molar-refractivity contribution in [3.8, 4) is 5.75 Å². The average Bonchev–Trinajstić information content (AvgIpc) is 2.41. The number of anilines is 1. The van der Waals surface area contributed by atoms with Gasteiger partial charge in [0.25, 0.3) is 0 Å². The molecule has 0 fully saturated rings. The highest BCUT2D eigenvalue weighted by atomic mass is 35.5. The first kappa shape index (κ1) is 13.6. The van der Waals surface area contributed by atoms with Crippen LogP contribution in [0.15, 0.2) is 36.7 Å². The third-order valence-electron chi connectivity index (χ3n) is 2.81. The molecule has 1 aromatic carbocycles. The first-order valence-corrected chi connectivity index (χ1v) is 6.19. The van der Waals surface area contributed by atoms with E-state index in [0.717, 1.165) is 0 Å². The standard InChI is InChI=1S/C14H14ClFN2O/c1-9(18-14-8-17-6-5-12(14)15)11-4-3-10(19-2)7-13(11)16/h3-9,18H,1-2H3. The summed E-state index contributed by atoms with van der Waals surface area (Å²) in [6.45, 7) is 1.86. The van der Waals surface area contributed by atoms with Crippen molar-refractivity contribution in [1.82, 2.24) is 4.98 Å². The largest absolute Gasteiger partial charge is 0.497 e. The second kappa shape index (κ2) is 5.89. The summed E-state index contributed by atoms with van der Waals surface area (Å²) in [4.78, 5) is 3.98. The normalized spacial score (nSPS) is 12.0. The molecule has 2 aromatic rings. The highest BCUT2D eigenvalue weighted by Gasteiger charge is 2.13. The van der Waals surface area contributed by atoms with Gasteiger partial charge in [-0.15, -0.1) is 0 Å². The lowest BCUT2D eigenvalue weighted by Gasteiger charge is -2.17. The number of nitrogens with zero attached hydrogens (tertiary/aromatic N) is 1. The van der Waals surface area contributed by atoms with Crippen molar-refractivity contribution in [2.24, 2.45) is 0 Å². The molecule has 1 N–H and O–H groups in total. The van der Waals surface area contributed by atoms with Crippen LogP contribution in [0, 0.1) is 5.82 Å². The number of aromatic nitrogens is 1. The van der Waals surface area contributed by atoms with E-state index in [9.17, 15) is 4.39 Å². The Morgan fingerprint density at radius 3 is 2.79 bits per heavy atom. The second-order valence-corrected chi connectivity index (χ2v) is 4.52. The van der Waals surface area contributed by atoms with E-state index < -0.39 is 0 Å². The lowest BCUT2D eigenvalue weighted by atomic mass is 10.1. The number of ether oxygens (including phenoxy) is 1. The zero-order chi connectivity index (χ0) is 13.8. The van der Waals surface area contributed by atoms with Crippen LogP contribution in [0.1, 0.15) is 18.5 Å². The molecule has 0 aliphatic heterocycles. The Kier molecular flexibility index (Phi) is 4.22. The smallest absolute Gasteiger partial charge is 0.132 e. The molecular formula is C14H14ClFN2O. The molecule has 0 radical (unpaired) electrons. The number of hydrogen-bond donors (Lipinski definition) is 1. The Morgan fingerprint density at radius 1 is 1.37 bits per heavy atom. The van der Waals surface area contributed by atoms with Crippen LogP contribution in [-0.4, -0.2) is 12.1 Å². The lowest BCUT2D eigenvalue weighted by molar-refractivity contribution is 0.410. The average molecular weight is 281 g/mol. The summed E-state index contributed by atoms with van der Waals surface area (Å²) in [7, 11) is 1.51. The Balaban J connectivity index is 2.21. The zero-order valence-electron chi connectivity index (χ0n) is 10.7. The summed E-state index contributed by atoms with van der Waals surface area (Å²) in [5, 5.41) is 3.68. The van der Waals surface area contributed by atoms with Gasteiger partial charge in [-0.1, -0.05) is 17.7 Å². The van der Waals surface area contributed by atoms with Gasteiger partial charge in [0, 0.05) is 17.8 Å².